The molecule has 0 rings (SSSR count). The zero-order valence-electron chi connectivity index (χ0n) is 11.7. The van der Waals surface area contributed by atoms with Crippen molar-refractivity contribution in [1.82, 2.24) is 0 Å². The van der Waals surface area contributed by atoms with Gasteiger partial charge in [0.05, 0.1) is 0 Å². The molecule has 0 bridgehead atoms. The summed E-state index contributed by atoms with van der Waals surface area (Å²) in [5, 5.41) is 8.63. The molecule has 0 aliphatic heterocycles. The first-order chi connectivity index (χ1) is 8.57. The minimum Gasteiger partial charge on any atom is -0.478 e. The van der Waals surface area contributed by atoms with E-state index in [0.717, 1.165) is 18.9 Å². The molecule has 18 heavy (non-hydrogen) atoms. The molecule has 0 saturated carbocycles. The lowest BCUT2D eigenvalue weighted by molar-refractivity contribution is -0.131. The van der Waals surface area contributed by atoms with Gasteiger partial charge in [0.1, 0.15) is 0 Å². The van der Waals surface area contributed by atoms with Crippen LogP contribution in [-0.4, -0.2) is 16.9 Å². The van der Waals surface area contributed by atoms with E-state index < -0.39 is 5.97 Å². The Morgan fingerprint density at radius 3 is 1.89 bits per heavy atom. The molecule has 1 N–H and O–H groups in total. The maximum absolute atomic E-state index is 11.2. The first-order valence-electron chi connectivity index (χ1n) is 7.02. The van der Waals surface area contributed by atoms with Gasteiger partial charge in [-0.1, -0.05) is 51.9 Å². The van der Waals surface area contributed by atoms with E-state index in [9.17, 15) is 9.59 Å². The first kappa shape index (κ1) is 16.9. The molecule has 0 aromatic rings. The maximum atomic E-state index is 11.2. The predicted octanol–water partition coefficient (Wildman–Crippen LogP) is 4.12. The molecule has 104 valence electrons. The molecule has 0 atom stereocenters. The molecule has 0 aliphatic rings. The summed E-state index contributed by atoms with van der Waals surface area (Å²) < 4.78 is 0. The van der Waals surface area contributed by atoms with Crippen LogP contribution in [0.2, 0.25) is 0 Å². The summed E-state index contributed by atoms with van der Waals surface area (Å²) in [6.07, 6.45) is 11.2. The zero-order valence-corrected chi connectivity index (χ0v) is 11.7. The van der Waals surface area contributed by atoms with E-state index in [0.29, 0.717) is 12.0 Å². The number of carboxylic acid groups (broad SMARTS) is 1. The number of ketones is 1. The third kappa shape index (κ3) is 10.1. The molecule has 0 heterocycles. The third-order valence-corrected chi connectivity index (χ3v) is 3.05. The van der Waals surface area contributed by atoms with Gasteiger partial charge >= 0.3 is 5.97 Å². The molecule has 0 amide bonds. The Balaban J connectivity index is 3.63. The lowest BCUT2D eigenvalue weighted by Gasteiger charge is -2.03. The van der Waals surface area contributed by atoms with Crippen molar-refractivity contribution in [3.8, 4) is 0 Å². The normalized spacial score (nSPS) is 11.6. The Labute approximate surface area is 110 Å². The highest BCUT2D eigenvalue weighted by molar-refractivity contribution is 5.98. The van der Waals surface area contributed by atoms with Crippen molar-refractivity contribution in [3.63, 3.8) is 0 Å². The van der Waals surface area contributed by atoms with Crippen LogP contribution in [0, 0.1) is 0 Å². The van der Waals surface area contributed by atoms with Crippen LogP contribution < -0.4 is 0 Å². The highest BCUT2D eigenvalue weighted by Gasteiger charge is 2.05. The van der Waals surface area contributed by atoms with E-state index >= 15 is 0 Å². The van der Waals surface area contributed by atoms with Gasteiger partial charge in [0.2, 0.25) is 0 Å². The number of aliphatic carboxylic acids is 1. The minimum absolute atomic E-state index is 0.125. The van der Waals surface area contributed by atoms with Gasteiger partial charge in [0.25, 0.3) is 0 Å². The number of hydrogen-bond donors (Lipinski definition) is 1. The summed E-state index contributed by atoms with van der Waals surface area (Å²) in [4.78, 5) is 21.7. The predicted molar refractivity (Wildman–Crippen MR) is 73.6 cm³/mol. The number of rotatable bonds is 11. The first-order valence-corrected chi connectivity index (χ1v) is 7.02. The van der Waals surface area contributed by atoms with Crippen LogP contribution in [0.3, 0.4) is 0 Å². The number of carbonyl (C=O) groups excluding carboxylic acids is 1. The van der Waals surface area contributed by atoms with Gasteiger partial charge in [-0.15, -0.1) is 0 Å². The number of hydrogen-bond acceptors (Lipinski definition) is 2. The monoisotopic (exact) mass is 254 g/mol. The lowest BCUT2D eigenvalue weighted by atomic mass is 10.0. The highest BCUT2D eigenvalue weighted by Crippen LogP contribution is 2.13. The van der Waals surface area contributed by atoms with E-state index in [-0.39, 0.29) is 5.78 Å². The van der Waals surface area contributed by atoms with Gasteiger partial charge in [0.15, 0.2) is 5.78 Å². The fourth-order valence-corrected chi connectivity index (χ4v) is 1.95. The Kier molecular flexibility index (Phi) is 10.3. The van der Waals surface area contributed by atoms with Gasteiger partial charge in [-0.25, -0.2) is 4.79 Å². The minimum atomic E-state index is -1.03. The summed E-state index contributed by atoms with van der Waals surface area (Å²) >= 11 is 0. The Morgan fingerprint density at radius 2 is 1.44 bits per heavy atom. The summed E-state index contributed by atoms with van der Waals surface area (Å²) in [7, 11) is 0. The van der Waals surface area contributed by atoms with Crippen molar-refractivity contribution in [2.45, 2.75) is 71.6 Å². The van der Waals surface area contributed by atoms with E-state index in [1.807, 2.05) is 0 Å². The second-order valence-electron chi connectivity index (χ2n) is 4.79. The molecule has 0 spiro atoms. The fourth-order valence-electron chi connectivity index (χ4n) is 1.95. The largest absolute Gasteiger partial charge is 0.478 e. The van der Waals surface area contributed by atoms with Gasteiger partial charge in [-0.3, -0.25) is 4.79 Å². The van der Waals surface area contributed by atoms with Crippen molar-refractivity contribution >= 4 is 11.8 Å². The van der Waals surface area contributed by atoms with Gasteiger partial charge < -0.3 is 5.11 Å². The average Bonchev–Trinajstić information content (AvgIpc) is 2.30. The maximum Gasteiger partial charge on any atom is 0.328 e. The molecular formula is C15H26O3. The van der Waals surface area contributed by atoms with Gasteiger partial charge in [0, 0.05) is 11.6 Å². The van der Waals surface area contributed by atoms with Crippen molar-refractivity contribution in [1.29, 1.82) is 0 Å². The van der Waals surface area contributed by atoms with Crippen LogP contribution in [0.15, 0.2) is 11.6 Å². The van der Waals surface area contributed by atoms with E-state index in [4.69, 9.17) is 5.11 Å². The molecule has 0 fully saturated rings. The SMILES string of the molecule is CCCCCCCCCC/C(=C\C(=O)O)C(C)=O. The Bertz CT molecular complexity index is 279. The number of unbranched alkanes of at least 4 members (excludes halogenated alkanes) is 7. The molecule has 0 aromatic carbocycles. The molecular weight excluding hydrogens is 228 g/mol. The number of Topliss-reactive ketones (excluding diaryl/α,β-unsaturated/α-hetero) is 1. The summed E-state index contributed by atoms with van der Waals surface area (Å²) in [5.74, 6) is -1.15. The standard InChI is InChI=1S/C15H26O3/c1-3-4-5-6-7-8-9-10-11-14(13(2)16)12-15(17)18/h12H,3-11H2,1-2H3,(H,17,18)/b14-12+. The van der Waals surface area contributed by atoms with E-state index in [1.54, 1.807) is 0 Å². The molecule has 0 aromatic heterocycles. The number of allylic oxidation sites excluding steroid dienone is 1. The number of carbonyl (C=O) groups is 2. The lowest BCUT2D eigenvalue weighted by Crippen LogP contribution is -2.01. The quantitative estimate of drug-likeness (QED) is 0.446. The Morgan fingerprint density at radius 1 is 0.944 bits per heavy atom. The van der Waals surface area contributed by atoms with Crippen LogP contribution in [0.5, 0.6) is 0 Å². The van der Waals surface area contributed by atoms with E-state index in [1.165, 1.54) is 45.4 Å². The highest BCUT2D eigenvalue weighted by atomic mass is 16.4. The number of carboxylic acids is 1. The second-order valence-corrected chi connectivity index (χ2v) is 4.79. The van der Waals surface area contributed by atoms with Crippen LogP contribution >= 0.6 is 0 Å². The fraction of sp³-hybridized carbons (Fsp3) is 0.733. The van der Waals surface area contributed by atoms with Crippen LogP contribution in [-0.2, 0) is 9.59 Å². The molecule has 3 nitrogen and oxygen atoms in total. The third-order valence-electron chi connectivity index (χ3n) is 3.05. The summed E-state index contributed by atoms with van der Waals surface area (Å²) in [6, 6.07) is 0. The molecule has 0 aliphatic carbocycles. The van der Waals surface area contributed by atoms with Crippen molar-refractivity contribution in [3.05, 3.63) is 11.6 Å². The van der Waals surface area contributed by atoms with E-state index in [2.05, 4.69) is 6.92 Å². The summed E-state index contributed by atoms with van der Waals surface area (Å²) in [5.41, 5.74) is 0.438. The van der Waals surface area contributed by atoms with Gasteiger partial charge in [-0.05, 0) is 19.8 Å². The van der Waals surface area contributed by atoms with Crippen molar-refractivity contribution < 1.29 is 14.7 Å². The average molecular weight is 254 g/mol. The zero-order chi connectivity index (χ0) is 13.8. The molecule has 3 heteroatoms. The topological polar surface area (TPSA) is 54.4 Å². The Hall–Kier alpha value is -1.12. The molecule has 0 unspecified atom stereocenters. The van der Waals surface area contributed by atoms with Crippen molar-refractivity contribution in [2.75, 3.05) is 0 Å². The summed E-state index contributed by atoms with van der Waals surface area (Å²) in [6.45, 7) is 3.64. The van der Waals surface area contributed by atoms with Crippen LogP contribution in [0.1, 0.15) is 71.6 Å². The second kappa shape index (κ2) is 11.0. The molecule has 0 saturated heterocycles. The van der Waals surface area contributed by atoms with Crippen molar-refractivity contribution in [2.24, 2.45) is 0 Å². The van der Waals surface area contributed by atoms with Crippen LogP contribution in [0.4, 0.5) is 0 Å². The van der Waals surface area contributed by atoms with Gasteiger partial charge in [-0.2, -0.15) is 0 Å². The molecule has 0 radical (unpaired) electrons. The van der Waals surface area contributed by atoms with Crippen LogP contribution in [0.25, 0.3) is 0 Å². The smallest absolute Gasteiger partial charge is 0.328 e.